The number of rotatable bonds is 7. The summed E-state index contributed by atoms with van der Waals surface area (Å²) < 4.78 is 1.26. The number of carboxylic acids is 1. The van der Waals surface area contributed by atoms with Gasteiger partial charge >= 0.3 is 5.97 Å². The van der Waals surface area contributed by atoms with Crippen LogP contribution >= 0.6 is 0 Å². The van der Waals surface area contributed by atoms with Crippen molar-refractivity contribution in [2.24, 2.45) is 0 Å². The molecule has 0 radical (unpaired) electrons. The van der Waals surface area contributed by atoms with E-state index in [9.17, 15) is 9.59 Å². The van der Waals surface area contributed by atoms with Gasteiger partial charge in [0.1, 0.15) is 5.56 Å². The van der Waals surface area contributed by atoms with E-state index in [-0.39, 0.29) is 5.56 Å². The summed E-state index contributed by atoms with van der Waals surface area (Å²) in [6.45, 7) is 7.44. The Hall–Kier alpha value is -1.91. The van der Waals surface area contributed by atoms with Gasteiger partial charge < -0.3 is 5.11 Å². The van der Waals surface area contributed by atoms with Gasteiger partial charge in [0.15, 0.2) is 0 Å². The van der Waals surface area contributed by atoms with Crippen molar-refractivity contribution in [1.29, 1.82) is 0 Å². The van der Waals surface area contributed by atoms with E-state index in [2.05, 4.69) is 11.7 Å². The van der Waals surface area contributed by atoms with Gasteiger partial charge in [-0.25, -0.2) is 9.48 Å². The number of aryl methyl sites for hydroxylation is 2. The molecule has 1 aromatic rings. The Morgan fingerprint density at radius 1 is 1.37 bits per heavy atom. The van der Waals surface area contributed by atoms with E-state index in [0.717, 1.165) is 25.7 Å². The molecular weight excluding hydrogens is 244 g/mol. The highest BCUT2D eigenvalue weighted by molar-refractivity contribution is 5.88. The van der Waals surface area contributed by atoms with E-state index >= 15 is 0 Å². The van der Waals surface area contributed by atoms with Gasteiger partial charge in [0.25, 0.3) is 5.56 Å². The van der Waals surface area contributed by atoms with Crippen LogP contribution in [0.15, 0.2) is 17.4 Å². The number of nitrogens with zero attached hydrogens (tertiary/aromatic N) is 2. The minimum Gasteiger partial charge on any atom is -0.477 e. The minimum atomic E-state index is -1.19. The van der Waals surface area contributed by atoms with Crippen LogP contribution in [0.25, 0.3) is 0 Å². The first-order chi connectivity index (χ1) is 8.99. The molecule has 0 aromatic carbocycles. The van der Waals surface area contributed by atoms with E-state index < -0.39 is 11.5 Å². The van der Waals surface area contributed by atoms with Gasteiger partial charge in [-0.1, -0.05) is 12.5 Å². The summed E-state index contributed by atoms with van der Waals surface area (Å²) in [5.41, 5.74) is 0.349. The van der Waals surface area contributed by atoms with Crippen molar-refractivity contribution in [2.75, 3.05) is 0 Å². The third-order valence-corrected chi connectivity index (χ3v) is 3.13. The van der Waals surface area contributed by atoms with E-state index in [0.29, 0.717) is 17.8 Å². The van der Waals surface area contributed by atoms with E-state index in [1.807, 2.05) is 6.08 Å². The third kappa shape index (κ3) is 3.77. The van der Waals surface area contributed by atoms with Crippen molar-refractivity contribution in [3.8, 4) is 0 Å². The number of aromatic nitrogens is 2. The summed E-state index contributed by atoms with van der Waals surface area (Å²) in [4.78, 5) is 23.1. The molecule has 5 heteroatoms. The van der Waals surface area contributed by atoms with E-state index in [1.54, 1.807) is 13.8 Å². The van der Waals surface area contributed by atoms with Crippen LogP contribution in [-0.2, 0) is 6.54 Å². The normalized spacial score (nSPS) is 10.4. The second kappa shape index (κ2) is 6.87. The first kappa shape index (κ1) is 15.1. The number of unbranched alkanes of at least 4 members (excludes halogenated alkanes) is 3. The molecule has 0 fully saturated rings. The lowest BCUT2D eigenvalue weighted by molar-refractivity contribution is 0.0692. The Kier molecular flexibility index (Phi) is 5.48. The number of aromatic carboxylic acids is 1. The maximum absolute atomic E-state index is 12.0. The molecule has 0 aliphatic heterocycles. The number of hydrogen-bond donors (Lipinski definition) is 1. The highest BCUT2D eigenvalue weighted by Gasteiger charge is 2.17. The number of carbonyl (C=O) groups is 1. The molecule has 1 N–H and O–H groups in total. The fourth-order valence-electron chi connectivity index (χ4n) is 1.90. The molecule has 1 aromatic heterocycles. The maximum atomic E-state index is 12.0. The van der Waals surface area contributed by atoms with Gasteiger partial charge in [0.2, 0.25) is 0 Å². The molecule has 0 saturated carbocycles. The summed E-state index contributed by atoms with van der Waals surface area (Å²) in [5, 5.41) is 13.2. The van der Waals surface area contributed by atoms with Gasteiger partial charge in [0.05, 0.1) is 5.69 Å². The predicted octanol–water partition coefficient (Wildman–Crippen LogP) is 2.30. The first-order valence-electron chi connectivity index (χ1n) is 6.41. The average molecular weight is 264 g/mol. The smallest absolute Gasteiger partial charge is 0.341 e. The largest absolute Gasteiger partial charge is 0.477 e. The second-order valence-electron chi connectivity index (χ2n) is 4.56. The highest BCUT2D eigenvalue weighted by atomic mass is 16.4. The molecule has 0 spiro atoms. The summed E-state index contributed by atoms with van der Waals surface area (Å²) in [6, 6.07) is 0. The molecule has 19 heavy (non-hydrogen) atoms. The van der Waals surface area contributed by atoms with Crippen LogP contribution in [0.4, 0.5) is 0 Å². The van der Waals surface area contributed by atoms with Crippen molar-refractivity contribution >= 4 is 5.97 Å². The fourth-order valence-corrected chi connectivity index (χ4v) is 1.90. The SMILES string of the molecule is C=CCCCCCn1nc(C)c(C)c(C(=O)O)c1=O. The molecule has 104 valence electrons. The Morgan fingerprint density at radius 3 is 2.63 bits per heavy atom. The quantitative estimate of drug-likeness (QED) is 0.606. The molecule has 0 atom stereocenters. The monoisotopic (exact) mass is 264 g/mol. The molecule has 0 unspecified atom stereocenters. The molecule has 0 amide bonds. The lowest BCUT2D eigenvalue weighted by Gasteiger charge is -2.09. The Bertz CT molecular complexity index is 532. The zero-order valence-electron chi connectivity index (χ0n) is 11.5. The van der Waals surface area contributed by atoms with Crippen LogP contribution in [0.1, 0.15) is 47.3 Å². The van der Waals surface area contributed by atoms with Crippen LogP contribution in [0.2, 0.25) is 0 Å². The summed E-state index contributed by atoms with van der Waals surface area (Å²) >= 11 is 0. The predicted molar refractivity (Wildman–Crippen MR) is 73.6 cm³/mol. The highest BCUT2D eigenvalue weighted by Crippen LogP contribution is 2.07. The molecule has 0 aliphatic carbocycles. The van der Waals surface area contributed by atoms with Crippen LogP contribution in [-0.4, -0.2) is 20.9 Å². The molecule has 0 aliphatic rings. The molecule has 0 saturated heterocycles. The van der Waals surface area contributed by atoms with Gasteiger partial charge in [0, 0.05) is 6.54 Å². The summed E-state index contributed by atoms with van der Waals surface area (Å²) in [6.07, 6.45) is 5.62. The van der Waals surface area contributed by atoms with Gasteiger partial charge in [-0.2, -0.15) is 5.10 Å². The Labute approximate surface area is 112 Å². The second-order valence-corrected chi connectivity index (χ2v) is 4.56. The van der Waals surface area contributed by atoms with Gasteiger partial charge in [-0.05, 0) is 38.7 Å². The summed E-state index contributed by atoms with van der Waals surface area (Å²) in [7, 11) is 0. The van der Waals surface area contributed by atoms with Crippen molar-refractivity contribution in [3.63, 3.8) is 0 Å². The number of allylic oxidation sites excluding steroid dienone is 1. The van der Waals surface area contributed by atoms with Crippen molar-refractivity contribution in [2.45, 2.75) is 46.1 Å². The van der Waals surface area contributed by atoms with Gasteiger partial charge in [-0.3, -0.25) is 4.79 Å². The zero-order chi connectivity index (χ0) is 14.4. The maximum Gasteiger partial charge on any atom is 0.341 e. The van der Waals surface area contributed by atoms with Gasteiger partial charge in [-0.15, -0.1) is 6.58 Å². The summed E-state index contributed by atoms with van der Waals surface area (Å²) in [5.74, 6) is -1.19. The Morgan fingerprint density at radius 2 is 2.05 bits per heavy atom. The minimum absolute atomic E-state index is 0.168. The number of hydrogen-bond acceptors (Lipinski definition) is 3. The van der Waals surface area contributed by atoms with Crippen LogP contribution < -0.4 is 5.56 Å². The van der Waals surface area contributed by atoms with Crippen molar-refractivity contribution in [1.82, 2.24) is 9.78 Å². The van der Waals surface area contributed by atoms with E-state index in [1.165, 1.54) is 4.68 Å². The van der Waals surface area contributed by atoms with E-state index in [4.69, 9.17) is 5.11 Å². The van der Waals surface area contributed by atoms with Crippen LogP contribution in [0.3, 0.4) is 0 Å². The molecule has 1 heterocycles. The van der Waals surface area contributed by atoms with Crippen LogP contribution in [0, 0.1) is 13.8 Å². The van der Waals surface area contributed by atoms with Crippen molar-refractivity contribution in [3.05, 3.63) is 39.8 Å². The zero-order valence-corrected chi connectivity index (χ0v) is 11.5. The third-order valence-electron chi connectivity index (χ3n) is 3.13. The standard InChI is InChI=1S/C14H20N2O3/c1-4-5-6-7-8-9-16-13(17)12(14(18)19)10(2)11(3)15-16/h4H,1,5-9H2,2-3H3,(H,18,19). The average Bonchev–Trinajstić information content (AvgIpc) is 2.35. The number of carboxylic acid groups (broad SMARTS) is 1. The lowest BCUT2D eigenvalue weighted by Crippen LogP contribution is -2.31. The van der Waals surface area contributed by atoms with Crippen molar-refractivity contribution < 1.29 is 9.90 Å². The fraction of sp³-hybridized carbons (Fsp3) is 0.500. The van der Waals surface area contributed by atoms with Crippen LogP contribution in [0.5, 0.6) is 0 Å². The Balaban J connectivity index is 2.88. The molecule has 1 rings (SSSR count). The first-order valence-corrected chi connectivity index (χ1v) is 6.41. The lowest BCUT2D eigenvalue weighted by atomic mass is 10.1. The topological polar surface area (TPSA) is 72.2 Å². The molecule has 5 nitrogen and oxygen atoms in total. The molecule has 0 bridgehead atoms. The molecular formula is C14H20N2O3.